The van der Waals surface area contributed by atoms with E-state index in [1.54, 1.807) is 0 Å². The lowest BCUT2D eigenvalue weighted by Crippen LogP contribution is -2.41. The highest BCUT2D eigenvalue weighted by Gasteiger charge is 2.20. The van der Waals surface area contributed by atoms with Crippen LogP contribution in [0.15, 0.2) is 12.1 Å². The highest BCUT2D eigenvalue weighted by atomic mass is 16.5. The SMILES string of the molecule is CCCCNC(=O)NC(=O)COC(=O)c1cc(OC)c(OCC(N)=O)c(OC)c1. The molecule has 4 N–H and O–H groups in total. The standard InChI is InChI=1S/C18H25N3O8/c1-4-5-6-20-18(25)21-15(23)10-29-17(24)11-7-12(26-2)16(13(8-11)27-3)28-9-14(19)22/h7-8H,4-6,9-10H2,1-3H3,(H2,19,22)(H2,20,21,23,25). The molecule has 0 aliphatic rings. The summed E-state index contributed by atoms with van der Waals surface area (Å²) < 4.78 is 20.4. The Hall–Kier alpha value is -3.50. The number of nitrogens with two attached hydrogens (primary N) is 1. The lowest BCUT2D eigenvalue weighted by molar-refractivity contribution is -0.123. The van der Waals surface area contributed by atoms with Gasteiger partial charge >= 0.3 is 12.0 Å². The third kappa shape index (κ3) is 7.95. The number of hydrogen-bond donors (Lipinski definition) is 3. The van der Waals surface area contributed by atoms with Gasteiger partial charge in [0, 0.05) is 6.54 Å². The van der Waals surface area contributed by atoms with E-state index in [1.165, 1.54) is 26.4 Å². The lowest BCUT2D eigenvalue weighted by atomic mass is 10.2. The van der Waals surface area contributed by atoms with Crippen LogP contribution in [0.25, 0.3) is 0 Å². The second-order valence-electron chi connectivity index (χ2n) is 5.70. The fourth-order valence-corrected chi connectivity index (χ4v) is 2.08. The first-order valence-electron chi connectivity index (χ1n) is 8.74. The summed E-state index contributed by atoms with van der Waals surface area (Å²) in [5.41, 5.74) is 5.06. The molecule has 4 amide bonds. The van der Waals surface area contributed by atoms with E-state index in [0.29, 0.717) is 6.54 Å². The van der Waals surface area contributed by atoms with Gasteiger partial charge in [0.25, 0.3) is 11.8 Å². The van der Waals surface area contributed by atoms with Crippen molar-refractivity contribution in [2.45, 2.75) is 19.8 Å². The molecule has 11 heteroatoms. The molecule has 1 rings (SSSR count). The third-order valence-corrected chi connectivity index (χ3v) is 3.46. The second kappa shape index (κ2) is 12.1. The van der Waals surface area contributed by atoms with Crippen molar-refractivity contribution in [3.05, 3.63) is 17.7 Å². The minimum atomic E-state index is -0.857. The summed E-state index contributed by atoms with van der Waals surface area (Å²) in [4.78, 5) is 46.4. The summed E-state index contributed by atoms with van der Waals surface area (Å²) in [6.07, 6.45) is 1.67. The van der Waals surface area contributed by atoms with E-state index >= 15 is 0 Å². The molecule has 0 bridgehead atoms. The highest BCUT2D eigenvalue weighted by Crippen LogP contribution is 2.38. The number of carbonyl (C=O) groups excluding carboxylic acids is 4. The molecular formula is C18H25N3O8. The number of imide groups is 1. The van der Waals surface area contributed by atoms with Crippen LogP contribution in [-0.2, 0) is 14.3 Å². The first-order valence-corrected chi connectivity index (χ1v) is 8.74. The minimum Gasteiger partial charge on any atom is -0.493 e. The maximum absolute atomic E-state index is 12.2. The molecule has 0 heterocycles. The van der Waals surface area contributed by atoms with Crippen molar-refractivity contribution in [1.29, 1.82) is 0 Å². The molecule has 0 fully saturated rings. The third-order valence-electron chi connectivity index (χ3n) is 3.46. The van der Waals surface area contributed by atoms with Gasteiger partial charge in [-0.15, -0.1) is 0 Å². The van der Waals surface area contributed by atoms with Gasteiger partial charge in [0.2, 0.25) is 5.75 Å². The van der Waals surface area contributed by atoms with Crippen LogP contribution in [0, 0.1) is 0 Å². The largest absolute Gasteiger partial charge is 0.493 e. The predicted molar refractivity (Wildman–Crippen MR) is 101 cm³/mol. The molecule has 11 nitrogen and oxygen atoms in total. The molecule has 0 aromatic heterocycles. The van der Waals surface area contributed by atoms with Crippen molar-refractivity contribution in [2.24, 2.45) is 5.73 Å². The van der Waals surface area contributed by atoms with Gasteiger partial charge in [-0.1, -0.05) is 13.3 Å². The van der Waals surface area contributed by atoms with Gasteiger partial charge in [-0.05, 0) is 18.6 Å². The average molecular weight is 411 g/mol. The zero-order valence-electron chi connectivity index (χ0n) is 16.5. The zero-order valence-corrected chi connectivity index (χ0v) is 16.5. The molecule has 29 heavy (non-hydrogen) atoms. The van der Waals surface area contributed by atoms with E-state index in [-0.39, 0.29) is 22.8 Å². The Bertz CT molecular complexity index is 726. The number of ether oxygens (including phenoxy) is 4. The first kappa shape index (κ1) is 23.5. The maximum Gasteiger partial charge on any atom is 0.338 e. The average Bonchev–Trinajstić information content (AvgIpc) is 2.69. The van der Waals surface area contributed by atoms with Crippen molar-refractivity contribution >= 4 is 23.8 Å². The Balaban J connectivity index is 2.75. The molecule has 0 atom stereocenters. The van der Waals surface area contributed by atoms with Crippen molar-refractivity contribution in [3.8, 4) is 17.2 Å². The topological polar surface area (TPSA) is 155 Å². The Labute approximate surface area is 167 Å². The molecule has 1 aromatic carbocycles. The maximum atomic E-state index is 12.2. The van der Waals surface area contributed by atoms with Crippen molar-refractivity contribution in [1.82, 2.24) is 10.6 Å². The number of benzene rings is 1. The van der Waals surface area contributed by atoms with E-state index in [1.807, 2.05) is 12.2 Å². The summed E-state index contributed by atoms with van der Waals surface area (Å²) in [6, 6.07) is 1.91. The minimum absolute atomic E-state index is 0.00493. The molecule has 0 radical (unpaired) electrons. The molecule has 0 saturated heterocycles. The van der Waals surface area contributed by atoms with Gasteiger partial charge < -0.3 is 30.0 Å². The molecule has 1 aromatic rings. The fraction of sp³-hybridized carbons (Fsp3) is 0.444. The normalized spacial score (nSPS) is 9.90. The van der Waals surface area contributed by atoms with Crippen LogP contribution in [0.2, 0.25) is 0 Å². The fourth-order valence-electron chi connectivity index (χ4n) is 2.08. The molecule has 0 spiro atoms. The zero-order chi connectivity index (χ0) is 21.8. The van der Waals surface area contributed by atoms with E-state index in [0.717, 1.165) is 12.8 Å². The van der Waals surface area contributed by atoms with E-state index in [9.17, 15) is 19.2 Å². The van der Waals surface area contributed by atoms with Crippen LogP contribution < -0.4 is 30.6 Å². The quantitative estimate of drug-likeness (QED) is 0.348. The molecule has 0 aliphatic carbocycles. The van der Waals surface area contributed by atoms with Crippen molar-refractivity contribution in [3.63, 3.8) is 0 Å². The lowest BCUT2D eigenvalue weighted by Gasteiger charge is -2.15. The molecule has 0 saturated carbocycles. The molecular weight excluding hydrogens is 386 g/mol. The Morgan fingerprint density at radius 2 is 1.66 bits per heavy atom. The predicted octanol–water partition coefficient (Wildman–Crippen LogP) is 0.351. The van der Waals surface area contributed by atoms with Gasteiger partial charge in [-0.25, -0.2) is 9.59 Å². The van der Waals surface area contributed by atoms with E-state index in [4.69, 9.17) is 24.7 Å². The number of hydrogen-bond acceptors (Lipinski definition) is 8. The van der Waals surface area contributed by atoms with Crippen LogP contribution in [0.1, 0.15) is 30.1 Å². The summed E-state index contributed by atoms with van der Waals surface area (Å²) in [5, 5.41) is 4.55. The first-order chi connectivity index (χ1) is 13.8. The van der Waals surface area contributed by atoms with Gasteiger partial charge in [0.05, 0.1) is 19.8 Å². The molecule has 0 aliphatic heterocycles. The van der Waals surface area contributed by atoms with Crippen LogP contribution in [-0.4, -0.2) is 57.8 Å². The number of urea groups is 1. The second-order valence-corrected chi connectivity index (χ2v) is 5.70. The summed E-state index contributed by atoms with van der Waals surface area (Å²) in [5.74, 6) is -2.08. The number of rotatable bonds is 11. The van der Waals surface area contributed by atoms with E-state index in [2.05, 4.69) is 5.32 Å². The van der Waals surface area contributed by atoms with Crippen LogP contribution in [0.3, 0.4) is 0 Å². The van der Waals surface area contributed by atoms with Crippen LogP contribution >= 0.6 is 0 Å². The van der Waals surface area contributed by atoms with Gasteiger partial charge in [-0.3, -0.25) is 14.9 Å². The Kier molecular flexibility index (Phi) is 9.79. The van der Waals surface area contributed by atoms with Crippen LogP contribution in [0.4, 0.5) is 4.79 Å². The van der Waals surface area contributed by atoms with Gasteiger partial charge in [0.1, 0.15) is 0 Å². The van der Waals surface area contributed by atoms with Gasteiger partial charge in [-0.2, -0.15) is 0 Å². The Morgan fingerprint density at radius 3 is 2.17 bits per heavy atom. The van der Waals surface area contributed by atoms with Gasteiger partial charge in [0.15, 0.2) is 24.7 Å². The number of esters is 1. The van der Waals surface area contributed by atoms with Crippen molar-refractivity contribution < 1.29 is 38.1 Å². The number of primary amides is 1. The monoisotopic (exact) mass is 411 g/mol. The number of nitrogens with one attached hydrogen (secondary N) is 2. The highest BCUT2D eigenvalue weighted by molar-refractivity contribution is 5.97. The van der Waals surface area contributed by atoms with Crippen molar-refractivity contribution in [2.75, 3.05) is 34.0 Å². The van der Waals surface area contributed by atoms with E-state index < -0.39 is 37.0 Å². The summed E-state index contributed by atoms with van der Waals surface area (Å²) in [7, 11) is 2.65. The number of amides is 4. The van der Waals surface area contributed by atoms with Crippen LogP contribution in [0.5, 0.6) is 17.2 Å². The Morgan fingerprint density at radius 1 is 1.03 bits per heavy atom. The number of carbonyl (C=O) groups is 4. The molecule has 160 valence electrons. The summed E-state index contributed by atoms with van der Waals surface area (Å²) >= 11 is 0. The number of methoxy groups -OCH3 is 2. The molecule has 0 unspecified atom stereocenters. The summed E-state index contributed by atoms with van der Waals surface area (Å²) in [6.45, 7) is 1.31. The number of unbranched alkanes of at least 4 members (excludes halogenated alkanes) is 1. The smallest absolute Gasteiger partial charge is 0.338 e.